The lowest BCUT2D eigenvalue weighted by Gasteiger charge is -2.33. The number of carbonyl (C=O) groups is 1. The molecule has 0 spiro atoms. The second kappa shape index (κ2) is 5.66. The summed E-state index contributed by atoms with van der Waals surface area (Å²) in [6.07, 6.45) is 0. The van der Waals surface area contributed by atoms with E-state index in [-0.39, 0.29) is 17.3 Å². The van der Waals surface area contributed by atoms with Gasteiger partial charge in [0.1, 0.15) is 11.5 Å². The molecule has 2 rings (SSSR count). The highest BCUT2D eigenvalue weighted by Gasteiger charge is 2.29. The molecule has 1 aliphatic rings. The van der Waals surface area contributed by atoms with Crippen LogP contribution in [-0.4, -0.2) is 39.8 Å². The number of thioether (sulfide) groups is 1. The second-order valence-corrected chi connectivity index (χ2v) is 5.72. The van der Waals surface area contributed by atoms with Crippen LogP contribution in [0.1, 0.15) is 17.3 Å². The Morgan fingerprint density at radius 2 is 2.30 bits per heavy atom. The molecule has 20 heavy (non-hydrogen) atoms. The Morgan fingerprint density at radius 1 is 1.60 bits per heavy atom. The Morgan fingerprint density at radius 3 is 2.90 bits per heavy atom. The maximum atomic E-state index is 13.5. The largest absolute Gasteiger partial charge is 0.393 e. The smallest absolute Gasteiger partial charge is 0.295 e. The summed E-state index contributed by atoms with van der Waals surface area (Å²) in [6.45, 7) is 2.41. The van der Waals surface area contributed by atoms with E-state index >= 15 is 0 Å². The summed E-state index contributed by atoms with van der Waals surface area (Å²) in [5.41, 5.74) is 4.64. The Labute approximate surface area is 119 Å². The van der Waals surface area contributed by atoms with Crippen molar-refractivity contribution in [2.75, 3.05) is 23.8 Å². The predicted octanol–water partition coefficient (Wildman–Crippen LogP) is 1.89. The van der Waals surface area contributed by atoms with Gasteiger partial charge in [0.2, 0.25) is 0 Å². The molecule has 1 heterocycles. The molecule has 1 fully saturated rings. The Balaban J connectivity index is 2.41. The maximum Gasteiger partial charge on any atom is 0.295 e. The fourth-order valence-corrected chi connectivity index (χ4v) is 3.13. The van der Waals surface area contributed by atoms with Crippen LogP contribution in [0.15, 0.2) is 12.1 Å². The minimum atomic E-state index is -0.840. The van der Waals surface area contributed by atoms with E-state index in [2.05, 4.69) is 0 Å². The van der Waals surface area contributed by atoms with Gasteiger partial charge in [0, 0.05) is 24.1 Å². The van der Waals surface area contributed by atoms with Crippen LogP contribution < -0.4 is 5.73 Å². The molecule has 1 unspecified atom stereocenters. The molecular weight excluding hydrogens is 285 g/mol. The van der Waals surface area contributed by atoms with Crippen molar-refractivity contribution >= 4 is 29.0 Å². The summed E-state index contributed by atoms with van der Waals surface area (Å²) < 4.78 is 13.5. The molecule has 0 saturated carbocycles. The second-order valence-electron chi connectivity index (χ2n) is 4.57. The topological polar surface area (TPSA) is 89.5 Å². The quantitative estimate of drug-likeness (QED) is 0.512. The van der Waals surface area contributed by atoms with E-state index in [0.717, 1.165) is 23.6 Å². The Hall–Kier alpha value is -1.83. The number of benzene rings is 1. The molecule has 0 aromatic heterocycles. The average molecular weight is 299 g/mol. The summed E-state index contributed by atoms with van der Waals surface area (Å²) in [7, 11) is 0. The summed E-state index contributed by atoms with van der Waals surface area (Å²) >= 11 is 1.73. The highest BCUT2D eigenvalue weighted by molar-refractivity contribution is 7.99. The minimum absolute atomic E-state index is 0.0111. The molecule has 0 aliphatic carbocycles. The molecule has 8 heteroatoms. The number of nitrogen functional groups attached to an aromatic ring is 1. The molecule has 1 aliphatic heterocycles. The Kier molecular flexibility index (Phi) is 4.12. The van der Waals surface area contributed by atoms with Crippen molar-refractivity contribution in [1.29, 1.82) is 0 Å². The first-order chi connectivity index (χ1) is 9.41. The fourth-order valence-electron chi connectivity index (χ4n) is 2.12. The lowest BCUT2D eigenvalue weighted by molar-refractivity contribution is -0.384. The van der Waals surface area contributed by atoms with Crippen molar-refractivity contribution in [1.82, 2.24) is 4.90 Å². The maximum absolute atomic E-state index is 13.5. The van der Waals surface area contributed by atoms with Gasteiger partial charge in [-0.1, -0.05) is 0 Å². The summed E-state index contributed by atoms with van der Waals surface area (Å²) in [6, 6.07) is 1.67. The standard InChI is InChI=1S/C12H14FN3O3S/c1-7-6-20-3-2-15(7)12(17)9-4-8(13)5-10(11(9)14)16(18)19/h4-5,7H,2-3,6,14H2,1H3. The van der Waals surface area contributed by atoms with Gasteiger partial charge in [-0.2, -0.15) is 11.8 Å². The van der Waals surface area contributed by atoms with Crippen LogP contribution in [0.3, 0.4) is 0 Å². The molecule has 108 valence electrons. The zero-order valence-electron chi connectivity index (χ0n) is 10.8. The van der Waals surface area contributed by atoms with Crippen LogP contribution >= 0.6 is 11.8 Å². The van der Waals surface area contributed by atoms with Crippen molar-refractivity contribution in [3.8, 4) is 0 Å². The number of nitrogens with zero attached hydrogens (tertiary/aromatic N) is 2. The van der Waals surface area contributed by atoms with Crippen molar-refractivity contribution in [3.05, 3.63) is 33.6 Å². The van der Waals surface area contributed by atoms with E-state index in [1.165, 1.54) is 0 Å². The molecule has 0 radical (unpaired) electrons. The van der Waals surface area contributed by atoms with Gasteiger partial charge < -0.3 is 10.6 Å². The number of carbonyl (C=O) groups excluding carboxylic acids is 1. The first kappa shape index (κ1) is 14.6. The van der Waals surface area contributed by atoms with E-state index < -0.39 is 22.3 Å². The van der Waals surface area contributed by atoms with Gasteiger partial charge in [0.05, 0.1) is 16.6 Å². The SMILES string of the molecule is CC1CSCCN1C(=O)c1cc(F)cc([N+](=O)[O-])c1N. The third-order valence-corrected chi connectivity index (χ3v) is 4.37. The summed E-state index contributed by atoms with van der Waals surface area (Å²) in [4.78, 5) is 24.0. The minimum Gasteiger partial charge on any atom is -0.393 e. The number of nitro benzene ring substituents is 1. The predicted molar refractivity (Wildman–Crippen MR) is 75.3 cm³/mol. The normalized spacial score (nSPS) is 18.9. The van der Waals surface area contributed by atoms with Gasteiger partial charge in [0.25, 0.3) is 11.6 Å². The van der Waals surface area contributed by atoms with Crippen LogP contribution in [0.25, 0.3) is 0 Å². The Bertz CT molecular complexity index is 567. The third kappa shape index (κ3) is 2.69. The van der Waals surface area contributed by atoms with Crippen molar-refractivity contribution in [2.24, 2.45) is 0 Å². The molecule has 1 amide bonds. The molecule has 1 atom stereocenters. The number of anilines is 1. The highest BCUT2D eigenvalue weighted by Crippen LogP contribution is 2.29. The fraction of sp³-hybridized carbons (Fsp3) is 0.417. The molecule has 1 aromatic carbocycles. The van der Waals surface area contributed by atoms with E-state index in [1.54, 1.807) is 16.7 Å². The first-order valence-corrected chi connectivity index (χ1v) is 7.19. The molecule has 0 bridgehead atoms. The van der Waals surface area contributed by atoms with E-state index in [0.29, 0.717) is 6.54 Å². The number of rotatable bonds is 2. The van der Waals surface area contributed by atoms with Gasteiger partial charge in [-0.05, 0) is 13.0 Å². The number of amides is 1. The van der Waals surface area contributed by atoms with Crippen LogP contribution in [0.4, 0.5) is 15.8 Å². The highest BCUT2D eigenvalue weighted by atomic mass is 32.2. The van der Waals surface area contributed by atoms with Gasteiger partial charge in [-0.15, -0.1) is 0 Å². The van der Waals surface area contributed by atoms with E-state index in [9.17, 15) is 19.3 Å². The third-order valence-electron chi connectivity index (χ3n) is 3.18. The van der Waals surface area contributed by atoms with Crippen molar-refractivity contribution < 1.29 is 14.1 Å². The molecule has 1 aromatic rings. The van der Waals surface area contributed by atoms with Gasteiger partial charge in [-0.25, -0.2) is 4.39 Å². The molecule has 1 saturated heterocycles. The first-order valence-electron chi connectivity index (χ1n) is 6.04. The van der Waals surface area contributed by atoms with Crippen LogP contribution in [0.5, 0.6) is 0 Å². The number of hydrogen-bond acceptors (Lipinski definition) is 5. The lowest BCUT2D eigenvalue weighted by Crippen LogP contribution is -2.44. The van der Waals surface area contributed by atoms with Gasteiger partial charge >= 0.3 is 0 Å². The average Bonchev–Trinajstić information content (AvgIpc) is 2.40. The zero-order valence-corrected chi connectivity index (χ0v) is 11.7. The number of nitrogens with two attached hydrogens (primary N) is 1. The van der Waals surface area contributed by atoms with Gasteiger partial charge in [-0.3, -0.25) is 14.9 Å². The molecular formula is C12H14FN3O3S. The van der Waals surface area contributed by atoms with E-state index in [1.807, 2.05) is 6.92 Å². The lowest BCUT2D eigenvalue weighted by atomic mass is 10.1. The van der Waals surface area contributed by atoms with E-state index in [4.69, 9.17) is 5.73 Å². The monoisotopic (exact) mass is 299 g/mol. The summed E-state index contributed by atoms with van der Waals surface area (Å²) in [5, 5.41) is 10.8. The van der Waals surface area contributed by atoms with Gasteiger partial charge in [0.15, 0.2) is 0 Å². The number of hydrogen-bond donors (Lipinski definition) is 1. The van der Waals surface area contributed by atoms with Crippen LogP contribution in [-0.2, 0) is 0 Å². The molecule has 2 N–H and O–H groups in total. The number of nitro groups is 1. The zero-order chi connectivity index (χ0) is 14.9. The molecule has 6 nitrogen and oxygen atoms in total. The summed E-state index contributed by atoms with van der Waals surface area (Å²) in [5.74, 6) is 0.266. The van der Waals surface area contributed by atoms with Crippen molar-refractivity contribution in [3.63, 3.8) is 0 Å². The number of halogens is 1. The van der Waals surface area contributed by atoms with Crippen LogP contribution in [0, 0.1) is 15.9 Å². The van der Waals surface area contributed by atoms with Crippen molar-refractivity contribution in [2.45, 2.75) is 13.0 Å². The van der Waals surface area contributed by atoms with Crippen LogP contribution in [0.2, 0.25) is 0 Å².